The summed E-state index contributed by atoms with van der Waals surface area (Å²) in [6.45, 7) is 2.16. The molecule has 5 rings (SSSR count). The van der Waals surface area contributed by atoms with E-state index in [2.05, 4.69) is 55.5 Å². The van der Waals surface area contributed by atoms with Crippen molar-refractivity contribution in [3.63, 3.8) is 0 Å². The van der Waals surface area contributed by atoms with Gasteiger partial charge in [0.05, 0.1) is 23.6 Å². The highest BCUT2D eigenvalue weighted by Crippen LogP contribution is 2.35. The fourth-order valence-electron chi connectivity index (χ4n) is 3.92. The van der Waals surface area contributed by atoms with Crippen molar-refractivity contribution in [1.29, 1.82) is 0 Å². The average Bonchev–Trinajstić information content (AvgIpc) is 3.43. The quantitative estimate of drug-likeness (QED) is 0.524. The molecule has 4 aromatic heterocycles. The van der Waals surface area contributed by atoms with Crippen molar-refractivity contribution >= 4 is 16.9 Å². The van der Waals surface area contributed by atoms with Gasteiger partial charge in [0.25, 0.3) is 0 Å². The first-order valence-corrected chi connectivity index (χ1v) is 9.95. The summed E-state index contributed by atoms with van der Waals surface area (Å²) in [7, 11) is 0. The van der Waals surface area contributed by atoms with Gasteiger partial charge in [-0.3, -0.25) is 9.88 Å². The van der Waals surface area contributed by atoms with Gasteiger partial charge in [0, 0.05) is 30.7 Å². The number of imidazole rings is 1. The number of rotatable bonds is 4. The zero-order valence-electron chi connectivity index (χ0n) is 14.5. The van der Waals surface area contributed by atoms with Crippen LogP contribution in [0.15, 0.2) is 66.0 Å². The topological polar surface area (TPSA) is 33.4 Å². The smallest absolute Gasteiger partial charge is 0.0996 e. The zero-order chi connectivity index (χ0) is 17.3. The van der Waals surface area contributed by atoms with Crippen molar-refractivity contribution in [1.82, 2.24) is 19.3 Å². The first-order valence-electron chi connectivity index (χ1n) is 9.00. The molecule has 1 aliphatic heterocycles. The zero-order valence-corrected chi connectivity index (χ0v) is 15.3. The minimum atomic E-state index is 0.407. The van der Waals surface area contributed by atoms with E-state index in [-0.39, 0.29) is 0 Å². The molecule has 1 saturated heterocycles. The Kier molecular flexibility index (Phi) is 4.03. The van der Waals surface area contributed by atoms with Crippen LogP contribution in [0.3, 0.4) is 0 Å². The Labute approximate surface area is 156 Å². The Morgan fingerprint density at radius 1 is 1.15 bits per heavy atom. The molecule has 0 aromatic carbocycles. The third-order valence-corrected chi connectivity index (χ3v) is 5.93. The Morgan fingerprint density at radius 3 is 3.00 bits per heavy atom. The molecule has 4 nitrogen and oxygen atoms in total. The second-order valence-electron chi connectivity index (χ2n) is 6.84. The fraction of sp³-hybridized carbons (Fsp3) is 0.238. The maximum absolute atomic E-state index is 4.80. The summed E-state index contributed by atoms with van der Waals surface area (Å²) in [6.07, 6.45) is 10.2. The van der Waals surface area contributed by atoms with Gasteiger partial charge >= 0.3 is 0 Å². The molecule has 1 unspecified atom stereocenters. The van der Waals surface area contributed by atoms with Crippen molar-refractivity contribution in [2.24, 2.45) is 0 Å². The van der Waals surface area contributed by atoms with Crippen LogP contribution in [-0.2, 0) is 6.54 Å². The largest absolute Gasteiger partial charge is 0.305 e. The van der Waals surface area contributed by atoms with E-state index in [1.165, 1.54) is 29.6 Å². The Bertz CT molecular complexity index is 1010. The normalized spacial score (nSPS) is 17.9. The maximum Gasteiger partial charge on any atom is 0.0996 e. The number of nitrogens with zero attached hydrogens (tertiary/aromatic N) is 4. The van der Waals surface area contributed by atoms with Crippen molar-refractivity contribution in [2.45, 2.75) is 25.4 Å². The van der Waals surface area contributed by atoms with Gasteiger partial charge in [-0.15, -0.1) is 0 Å². The lowest BCUT2D eigenvalue weighted by atomic mass is 10.1. The Balaban J connectivity index is 1.47. The third-order valence-electron chi connectivity index (χ3n) is 5.20. The highest BCUT2D eigenvalue weighted by Gasteiger charge is 2.29. The van der Waals surface area contributed by atoms with Crippen LogP contribution in [-0.4, -0.2) is 25.8 Å². The van der Waals surface area contributed by atoms with Gasteiger partial charge in [-0.25, -0.2) is 4.98 Å². The van der Waals surface area contributed by atoms with Gasteiger partial charge in [0.2, 0.25) is 0 Å². The molecule has 1 fully saturated rings. The van der Waals surface area contributed by atoms with Gasteiger partial charge in [0.1, 0.15) is 0 Å². The molecule has 4 aromatic rings. The molecule has 5 heterocycles. The summed E-state index contributed by atoms with van der Waals surface area (Å²) in [5.41, 5.74) is 6.11. The first-order chi connectivity index (χ1) is 12.9. The molecule has 0 amide bonds. The lowest BCUT2D eigenvalue weighted by molar-refractivity contribution is 0.246. The maximum atomic E-state index is 4.80. The van der Waals surface area contributed by atoms with Crippen LogP contribution >= 0.6 is 11.3 Å². The molecule has 1 atom stereocenters. The number of thiophene rings is 1. The predicted molar refractivity (Wildman–Crippen MR) is 105 cm³/mol. The second-order valence-corrected chi connectivity index (χ2v) is 7.62. The van der Waals surface area contributed by atoms with E-state index in [1.807, 2.05) is 18.6 Å². The van der Waals surface area contributed by atoms with Crippen LogP contribution in [0.1, 0.15) is 30.1 Å². The number of fused-ring (bicyclic) bond motifs is 1. The molecule has 0 bridgehead atoms. The van der Waals surface area contributed by atoms with E-state index in [1.54, 1.807) is 17.5 Å². The summed E-state index contributed by atoms with van der Waals surface area (Å²) in [6, 6.07) is 11.1. The summed E-state index contributed by atoms with van der Waals surface area (Å²) >= 11 is 1.77. The Hall–Kier alpha value is -2.50. The lowest BCUT2D eigenvalue weighted by Gasteiger charge is -2.23. The molecule has 1 aliphatic rings. The summed E-state index contributed by atoms with van der Waals surface area (Å²) in [4.78, 5) is 11.6. The molecule has 0 spiro atoms. The standard InChI is InChI=1S/C21H20N4S/c1-3-17(11-22-8-1)18-5-6-20-21(23-15-25(20)13-18)19-4-2-9-24(19)12-16-7-10-26-14-16/h1,3,5-8,10-11,13-15,19H,2,4,9,12H2. The minimum Gasteiger partial charge on any atom is -0.305 e. The van der Waals surface area contributed by atoms with Gasteiger partial charge in [-0.2, -0.15) is 11.3 Å². The van der Waals surface area contributed by atoms with Crippen LogP contribution in [0.4, 0.5) is 0 Å². The molecule has 5 heteroatoms. The van der Waals surface area contributed by atoms with E-state index in [4.69, 9.17) is 4.98 Å². The van der Waals surface area contributed by atoms with Crippen LogP contribution in [0.2, 0.25) is 0 Å². The lowest BCUT2D eigenvalue weighted by Crippen LogP contribution is -2.22. The molecule has 0 saturated carbocycles. The van der Waals surface area contributed by atoms with Crippen LogP contribution in [0.25, 0.3) is 16.6 Å². The van der Waals surface area contributed by atoms with Crippen LogP contribution < -0.4 is 0 Å². The summed E-state index contributed by atoms with van der Waals surface area (Å²) in [5.74, 6) is 0. The monoisotopic (exact) mass is 360 g/mol. The predicted octanol–water partition coefficient (Wildman–Crippen LogP) is 4.79. The number of hydrogen-bond acceptors (Lipinski definition) is 4. The number of likely N-dealkylation sites (tertiary alicyclic amines) is 1. The van der Waals surface area contributed by atoms with Gasteiger partial charge in [0.15, 0.2) is 0 Å². The van der Waals surface area contributed by atoms with Crippen molar-refractivity contribution in [2.75, 3.05) is 6.54 Å². The van der Waals surface area contributed by atoms with Gasteiger partial charge < -0.3 is 4.40 Å². The van der Waals surface area contributed by atoms with Crippen LogP contribution in [0.5, 0.6) is 0 Å². The molecule has 0 aliphatic carbocycles. The van der Waals surface area contributed by atoms with E-state index in [0.29, 0.717) is 6.04 Å². The van der Waals surface area contributed by atoms with E-state index in [9.17, 15) is 0 Å². The van der Waals surface area contributed by atoms with Crippen molar-refractivity contribution < 1.29 is 0 Å². The highest BCUT2D eigenvalue weighted by molar-refractivity contribution is 7.07. The number of aromatic nitrogens is 3. The van der Waals surface area contributed by atoms with E-state index in [0.717, 1.165) is 24.2 Å². The first kappa shape index (κ1) is 15.7. The summed E-state index contributed by atoms with van der Waals surface area (Å²) in [5, 5.41) is 4.41. The second kappa shape index (κ2) is 6.67. The molecule has 0 N–H and O–H groups in total. The van der Waals surface area contributed by atoms with Crippen LogP contribution in [0, 0.1) is 0 Å². The number of pyridine rings is 2. The van der Waals surface area contributed by atoms with Crippen molar-refractivity contribution in [3.8, 4) is 11.1 Å². The third kappa shape index (κ3) is 2.83. The van der Waals surface area contributed by atoms with Crippen molar-refractivity contribution in [3.05, 3.63) is 77.3 Å². The van der Waals surface area contributed by atoms with Gasteiger partial charge in [-0.1, -0.05) is 12.1 Å². The van der Waals surface area contributed by atoms with E-state index >= 15 is 0 Å². The van der Waals surface area contributed by atoms with Gasteiger partial charge in [-0.05, 0) is 59.5 Å². The Morgan fingerprint density at radius 2 is 2.15 bits per heavy atom. The fourth-order valence-corrected chi connectivity index (χ4v) is 4.58. The molecule has 130 valence electrons. The molecular formula is C21H20N4S. The molecular weight excluding hydrogens is 340 g/mol. The number of hydrogen-bond donors (Lipinski definition) is 0. The highest BCUT2D eigenvalue weighted by atomic mass is 32.1. The summed E-state index contributed by atoms with van der Waals surface area (Å²) < 4.78 is 2.15. The molecule has 26 heavy (non-hydrogen) atoms. The molecule has 0 radical (unpaired) electrons. The average molecular weight is 360 g/mol. The SMILES string of the molecule is c1cncc(-c2ccc3c(C4CCCN4Cc4ccsc4)ncn3c2)c1. The minimum absolute atomic E-state index is 0.407. The van der Waals surface area contributed by atoms with E-state index < -0.39 is 0 Å².